The van der Waals surface area contributed by atoms with Crippen LogP contribution in [-0.4, -0.2) is 44.9 Å². The average molecular weight is 247 g/mol. The summed E-state index contributed by atoms with van der Waals surface area (Å²) < 4.78 is 9.35. The minimum atomic E-state index is -0.0648. The number of unbranched alkanes of at least 4 members (excludes halogenated alkanes) is 2. The number of ether oxygens (including phenoxy) is 2. The summed E-state index contributed by atoms with van der Waals surface area (Å²) in [5.41, 5.74) is 0. The van der Waals surface area contributed by atoms with Crippen LogP contribution in [-0.2, 0) is 14.3 Å². The second kappa shape index (κ2) is 15.4. The Bertz CT molecular complexity index is 142. The van der Waals surface area contributed by atoms with E-state index in [1.54, 1.807) is 14.2 Å². The molecule has 0 bridgehead atoms. The Kier molecular flexibility index (Phi) is 17.0. The molecule has 0 aliphatic carbocycles. The Morgan fingerprint density at radius 3 is 1.65 bits per heavy atom. The summed E-state index contributed by atoms with van der Waals surface area (Å²) in [6.07, 6.45) is 5.48. The second-order valence-electron chi connectivity index (χ2n) is 3.89. The number of hydrogen-bond donors (Lipinski definition) is 0. The normalized spacial score (nSPS) is 9.76. The molecule has 0 saturated heterocycles. The first-order chi connectivity index (χ1) is 8.15. The van der Waals surface area contributed by atoms with Crippen LogP contribution in [0.3, 0.4) is 0 Å². The first-order valence-corrected chi connectivity index (χ1v) is 6.41. The van der Waals surface area contributed by atoms with Crippen LogP contribution in [0, 0.1) is 0 Å². The van der Waals surface area contributed by atoms with Gasteiger partial charge in [0.15, 0.2) is 6.29 Å². The zero-order valence-corrected chi connectivity index (χ0v) is 12.1. The summed E-state index contributed by atoms with van der Waals surface area (Å²) in [5.74, 6) is 0. The molecule has 0 heterocycles. The number of amides is 1. The molecule has 0 N–H and O–H groups in total. The van der Waals surface area contributed by atoms with Gasteiger partial charge >= 0.3 is 0 Å². The molecule has 0 atom stereocenters. The van der Waals surface area contributed by atoms with Crippen LogP contribution >= 0.6 is 0 Å². The van der Waals surface area contributed by atoms with Crippen molar-refractivity contribution in [3.05, 3.63) is 0 Å². The Morgan fingerprint density at radius 1 is 1.06 bits per heavy atom. The van der Waals surface area contributed by atoms with Crippen LogP contribution in [0.5, 0.6) is 0 Å². The molecule has 1 amide bonds. The summed E-state index contributed by atoms with van der Waals surface area (Å²) in [4.78, 5) is 12.3. The molecule has 0 aromatic carbocycles. The molecule has 104 valence electrons. The standard InChI is InChI=1S/C9H19NO.C4H10O2/c1-3-5-7-10(9-11)8-6-4-2;1-4(5-2)6-3/h9H,3-8H2,1-2H3;4H,1-3H3. The highest BCUT2D eigenvalue weighted by atomic mass is 16.7. The lowest BCUT2D eigenvalue weighted by molar-refractivity contribution is -0.118. The first kappa shape index (κ1) is 18.7. The number of rotatable bonds is 9. The van der Waals surface area contributed by atoms with Gasteiger partial charge in [-0.25, -0.2) is 0 Å². The maximum atomic E-state index is 10.4. The zero-order chi connectivity index (χ0) is 13.5. The van der Waals surface area contributed by atoms with Gasteiger partial charge in [0.25, 0.3) is 0 Å². The van der Waals surface area contributed by atoms with E-state index in [4.69, 9.17) is 0 Å². The first-order valence-electron chi connectivity index (χ1n) is 6.41. The molecule has 0 aliphatic rings. The van der Waals surface area contributed by atoms with Gasteiger partial charge in [-0.05, 0) is 19.8 Å². The Hall–Kier alpha value is -0.610. The second-order valence-corrected chi connectivity index (χ2v) is 3.89. The van der Waals surface area contributed by atoms with Gasteiger partial charge in [-0.15, -0.1) is 0 Å². The van der Waals surface area contributed by atoms with E-state index in [1.807, 2.05) is 11.8 Å². The lowest BCUT2D eigenvalue weighted by Crippen LogP contribution is -2.24. The molecule has 4 nitrogen and oxygen atoms in total. The summed E-state index contributed by atoms with van der Waals surface area (Å²) >= 11 is 0. The van der Waals surface area contributed by atoms with E-state index >= 15 is 0 Å². The number of methoxy groups -OCH3 is 2. The molecule has 0 aromatic heterocycles. The highest BCUT2D eigenvalue weighted by Gasteiger charge is 1.97. The van der Waals surface area contributed by atoms with Gasteiger partial charge in [0.05, 0.1) is 0 Å². The van der Waals surface area contributed by atoms with Crippen molar-refractivity contribution in [2.45, 2.75) is 52.7 Å². The molecule has 17 heavy (non-hydrogen) atoms. The molecule has 0 radical (unpaired) electrons. The smallest absolute Gasteiger partial charge is 0.209 e. The Balaban J connectivity index is 0. The molecule has 4 heteroatoms. The number of hydrogen-bond acceptors (Lipinski definition) is 3. The van der Waals surface area contributed by atoms with E-state index in [2.05, 4.69) is 23.3 Å². The molecule has 0 rings (SSSR count). The molecule has 0 unspecified atom stereocenters. The fourth-order valence-corrected chi connectivity index (χ4v) is 1.04. The van der Waals surface area contributed by atoms with Crippen LogP contribution in [0.1, 0.15) is 46.5 Å². The summed E-state index contributed by atoms with van der Waals surface area (Å²) in [6, 6.07) is 0. The highest BCUT2D eigenvalue weighted by molar-refractivity contribution is 5.46. The number of nitrogens with zero attached hydrogens (tertiary/aromatic N) is 1. The SMILES string of the molecule is CCCCN(C=O)CCCC.COC(C)OC. The van der Waals surface area contributed by atoms with E-state index in [0.717, 1.165) is 45.2 Å². The van der Waals surface area contributed by atoms with Crippen molar-refractivity contribution >= 4 is 6.41 Å². The van der Waals surface area contributed by atoms with E-state index in [0.29, 0.717) is 0 Å². The number of carbonyl (C=O) groups is 1. The molecule has 0 saturated carbocycles. The molecular weight excluding hydrogens is 218 g/mol. The average Bonchev–Trinajstić information content (AvgIpc) is 2.38. The van der Waals surface area contributed by atoms with Gasteiger partial charge in [-0.1, -0.05) is 26.7 Å². The molecule has 0 spiro atoms. The van der Waals surface area contributed by atoms with Crippen molar-refractivity contribution in [3.8, 4) is 0 Å². The third-order valence-corrected chi connectivity index (χ3v) is 2.41. The summed E-state index contributed by atoms with van der Waals surface area (Å²) in [5, 5.41) is 0. The van der Waals surface area contributed by atoms with Crippen molar-refractivity contribution in [1.82, 2.24) is 4.90 Å². The third kappa shape index (κ3) is 15.4. The van der Waals surface area contributed by atoms with Crippen molar-refractivity contribution in [1.29, 1.82) is 0 Å². The van der Waals surface area contributed by atoms with E-state index < -0.39 is 0 Å². The van der Waals surface area contributed by atoms with Gasteiger partial charge in [0.2, 0.25) is 6.41 Å². The monoisotopic (exact) mass is 247 g/mol. The van der Waals surface area contributed by atoms with Crippen molar-refractivity contribution in [3.63, 3.8) is 0 Å². The van der Waals surface area contributed by atoms with E-state index in [9.17, 15) is 4.79 Å². The third-order valence-electron chi connectivity index (χ3n) is 2.41. The predicted octanol–water partition coefficient (Wildman–Crippen LogP) is 2.67. The Morgan fingerprint density at radius 2 is 1.47 bits per heavy atom. The maximum absolute atomic E-state index is 10.4. The van der Waals surface area contributed by atoms with Gasteiger partial charge < -0.3 is 14.4 Å². The lowest BCUT2D eigenvalue weighted by Gasteiger charge is -2.15. The Labute approximate surface area is 106 Å². The fourth-order valence-electron chi connectivity index (χ4n) is 1.04. The van der Waals surface area contributed by atoms with Gasteiger partial charge in [0, 0.05) is 27.3 Å². The van der Waals surface area contributed by atoms with Crippen LogP contribution in [0.15, 0.2) is 0 Å². The van der Waals surface area contributed by atoms with Crippen molar-refractivity contribution in [2.75, 3.05) is 27.3 Å². The minimum absolute atomic E-state index is 0.0648. The van der Waals surface area contributed by atoms with Crippen LogP contribution < -0.4 is 0 Å². The van der Waals surface area contributed by atoms with Gasteiger partial charge in [0.1, 0.15) is 0 Å². The summed E-state index contributed by atoms with van der Waals surface area (Å²) in [7, 11) is 3.21. The molecule has 0 fully saturated rings. The van der Waals surface area contributed by atoms with E-state index in [1.165, 1.54) is 0 Å². The highest BCUT2D eigenvalue weighted by Crippen LogP contribution is 1.95. The van der Waals surface area contributed by atoms with E-state index in [-0.39, 0.29) is 6.29 Å². The van der Waals surface area contributed by atoms with Crippen LogP contribution in [0.2, 0.25) is 0 Å². The predicted molar refractivity (Wildman–Crippen MR) is 70.9 cm³/mol. The molecule has 0 aliphatic heterocycles. The quantitative estimate of drug-likeness (QED) is 0.464. The van der Waals surface area contributed by atoms with Gasteiger partial charge in [-0.3, -0.25) is 4.79 Å². The summed E-state index contributed by atoms with van der Waals surface area (Å²) in [6.45, 7) is 7.98. The molecule has 0 aromatic rings. The lowest BCUT2D eigenvalue weighted by atomic mass is 10.3. The van der Waals surface area contributed by atoms with Crippen molar-refractivity contribution in [2.24, 2.45) is 0 Å². The minimum Gasteiger partial charge on any atom is -0.356 e. The van der Waals surface area contributed by atoms with Crippen LogP contribution in [0.4, 0.5) is 0 Å². The maximum Gasteiger partial charge on any atom is 0.209 e. The molecular formula is C13H29NO3. The van der Waals surface area contributed by atoms with Crippen molar-refractivity contribution < 1.29 is 14.3 Å². The largest absolute Gasteiger partial charge is 0.356 e. The topological polar surface area (TPSA) is 38.8 Å². The zero-order valence-electron chi connectivity index (χ0n) is 12.1. The fraction of sp³-hybridized carbons (Fsp3) is 0.923. The van der Waals surface area contributed by atoms with Gasteiger partial charge in [-0.2, -0.15) is 0 Å². The number of carbonyl (C=O) groups excluding carboxylic acids is 1. The van der Waals surface area contributed by atoms with Crippen LogP contribution in [0.25, 0.3) is 0 Å².